The maximum Gasteiger partial charge on any atom is 0.102 e. The van der Waals surface area contributed by atoms with E-state index in [0.29, 0.717) is 15.6 Å². The molecule has 126 valence electrons. The number of aromatic nitrogens is 2. The number of benzene rings is 1. The number of halogens is 2. The number of pyridine rings is 1. The molecule has 1 atom stereocenters. The summed E-state index contributed by atoms with van der Waals surface area (Å²) < 4.78 is 1.99. The van der Waals surface area contributed by atoms with Gasteiger partial charge < -0.3 is 9.47 Å². The monoisotopic (exact) mass is 370 g/mol. The van der Waals surface area contributed by atoms with Crippen LogP contribution in [0.5, 0.6) is 0 Å². The van der Waals surface area contributed by atoms with Gasteiger partial charge in [-0.15, -0.1) is 0 Å². The Morgan fingerprint density at radius 3 is 2.52 bits per heavy atom. The van der Waals surface area contributed by atoms with Crippen LogP contribution in [-0.4, -0.2) is 16.6 Å². The lowest BCUT2D eigenvalue weighted by atomic mass is 10.1. The van der Waals surface area contributed by atoms with Crippen molar-refractivity contribution < 1.29 is 0 Å². The molecule has 2 heterocycles. The van der Waals surface area contributed by atoms with Crippen LogP contribution in [0, 0.1) is 11.3 Å². The molecule has 1 aromatic carbocycles. The van der Waals surface area contributed by atoms with Crippen molar-refractivity contribution in [2.24, 2.45) is 0 Å². The highest BCUT2D eigenvalue weighted by Gasteiger charge is 2.18. The molecule has 25 heavy (non-hydrogen) atoms. The zero-order valence-electron chi connectivity index (χ0n) is 13.8. The van der Waals surface area contributed by atoms with Gasteiger partial charge in [0, 0.05) is 48.6 Å². The first-order valence-corrected chi connectivity index (χ1v) is 8.47. The smallest absolute Gasteiger partial charge is 0.102 e. The third-order valence-corrected chi connectivity index (χ3v) is 5.09. The summed E-state index contributed by atoms with van der Waals surface area (Å²) in [7, 11) is 2.00. The largest absolute Gasteiger partial charge is 0.354 e. The molecule has 0 N–H and O–H groups in total. The van der Waals surface area contributed by atoms with E-state index in [1.165, 1.54) is 0 Å². The molecule has 0 spiro atoms. The molecule has 0 fully saturated rings. The maximum absolute atomic E-state index is 9.53. The first-order valence-electron chi connectivity index (χ1n) is 7.71. The summed E-state index contributed by atoms with van der Waals surface area (Å²) in [5, 5.41) is 10.5. The Morgan fingerprint density at radius 2 is 1.84 bits per heavy atom. The van der Waals surface area contributed by atoms with E-state index in [9.17, 15) is 5.26 Å². The summed E-state index contributed by atoms with van der Waals surface area (Å²) in [6.45, 7) is 2.06. The van der Waals surface area contributed by atoms with E-state index in [2.05, 4.69) is 22.9 Å². The van der Waals surface area contributed by atoms with E-state index in [1.54, 1.807) is 18.5 Å². The average Bonchev–Trinajstić information content (AvgIpc) is 3.07. The summed E-state index contributed by atoms with van der Waals surface area (Å²) in [6, 6.07) is 11.6. The molecule has 0 aliphatic carbocycles. The second kappa shape index (κ2) is 7.18. The van der Waals surface area contributed by atoms with E-state index in [1.807, 2.05) is 48.3 Å². The Kier molecular flexibility index (Phi) is 4.98. The molecule has 3 aromatic rings. The van der Waals surface area contributed by atoms with Crippen LogP contribution in [0.1, 0.15) is 18.7 Å². The number of hydrogen-bond acceptors (Lipinski definition) is 3. The molecule has 1 unspecified atom stereocenters. The van der Waals surface area contributed by atoms with E-state index in [4.69, 9.17) is 23.2 Å². The number of hydrogen-bond donors (Lipinski definition) is 0. The van der Waals surface area contributed by atoms with E-state index >= 15 is 0 Å². The molecule has 0 aliphatic rings. The fourth-order valence-electron chi connectivity index (χ4n) is 2.70. The van der Waals surface area contributed by atoms with Crippen LogP contribution < -0.4 is 4.90 Å². The molecule has 6 heteroatoms. The van der Waals surface area contributed by atoms with Crippen LogP contribution in [0.4, 0.5) is 5.69 Å². The first-order chi connectivity index (χ1) is 12.0. The lowest BCUT2D eigenvalue weighted by Gasteiger charge is -2.28. The third kappa shape index (κ3) is 3.34. The molecular formula is C19H16Cl2N4. The van der Waals surface area contributed by atoms with Crippen molar-refractivity contribution in [2.45, 2.75) is 13.1 Å². The normalized spacial score (nSPS) is 11.8. The second-order valence-electron chi connectivity index (χ2n) is 5.69. The Morgan fingerprint density at radius 1 is 1.12 bits per heavy atom. The highest BCUT2D eigenvalue weighted by molar-refractivity contribution is 6.43. The van der Waals surface area contributed by atoms with Crippen LogP contribution in [0.15, 0.2) is 55.1 Å². The molecule has 2 aromatic heterocycles. The standard InChI is InChI=1S/C19H16Cl2N4/c1-13(24(2)15-6-8-23-9-7-15)25-11-14(10-22)17(12-25)16-4-3-5-18(20)19(16)21/h3-9,11-13H,1-2H3. The lowest BCUT2D eigenvalue weighted by molar-refractivity contribution is 0.540. The molecule has 3 rings (SSSR count). The predicted octanol–water partition coefficient (Wildman–Crippen LogP) is 5.38. The average molecular weight is 371 g/mol. The summed E-state index contributed by atoms with van der Waals surface area (Å²) in [6.07, 6.45) is 7.27. The molecule has 0 bridgehead atoms. The van der Waals surface area contributed by atoms with E-state index in [-0.39, 0.29) is 6.17 Å². The Bertz CT molecular complexity index is 928. The second-order valence-corrected chi connectivity index (χ2v) is 6.48. The zero-order chi connectivity index (χ0) is 18.0. The quantitative estimate of drug-likeness (QED) is 0.618. The van der Waals surface area contributed by atoms with Crippen LogP contribution in [0.2, 0.25) is 10.0 Å². The number of nitrogens with zero attached hydrogens (tertiary/aromatic N) is 4. The summed E-state index contributed by atoms with van der Waals surface area (Å²) in [5.41, 5.74) is 3.12. The lowest BCUT2D eigenvalue weighted by Crippen LogP contribution is -2.25. The van der Waals surface area contributed by atoms with Gasteiger partial charge in [0.2, 0.25) is 0 Å². The molecular weight excluding hydrogens is 355 g/mol. The van der Waals surface area contributed by atoms with Crippen LogP contribution in [0.3, 0.4) is 0 Å². The predicted molar refractivity (Wildman–Crippen MR) is 102 cm³/mol. The Labute approximate surface area is 156 Å². The number of nitriles is 1. The molecule has 0 aliphatic heterocycles. The van der Waals surface area contributed by atoms with Gasteiger partial charge in [0.15, 0.2) is 0 Å². The SMILES string of the molecule is CC(N(C)c1ccncc1)n1cc(C#N)c(-c2cccc(Cl)c2Cl)c1. The Balaban J connectivity index is 2.01. The van der Waals surface area contributed by atoms with Crippen molar-refractivity contribution in [3.05, 3.63) is 70.7 Å². The van der Waals surface area contributed by atoms with Gasteiger partial charge in [-0.25, -0.2) is 0 Å². The van der Waals surface area contributed by atoms with Crippen molar-refractivity contribution in [1.82, 2.24) is 9.55 Å². The van der Waals surface area contributed by atoms with Crippen molar-refractivity contribution in [3.63, 3.8) is 0 Å². The van der Waals surface area contributed by atoms with Crippen LogP contribution >= 0.6 is 23.2 Å². The van der Waals surface area contributed by atoms with Crippen molar-refractivity contribution >= 4 is 28.9 Å². The molecule has 4 nitrogen and oxygen atoms in total. The van der Waals surface area contributed by atoms with Gasteiger partial charge in [-0.3, -0.25) is 4.98 Å². The molecule has 0 radical (unpaired) electrons. The van der Waals surface area contributed by atoms with E-state index in [0.717, 1.165) is 16.8 Å². The molecule has 0 saturated heterocycles. The topological polar surface area (TPSA) is 44.9 Å². The van der Waals surface area contributed by atoms with Crippen LogP contribution in [0.25, 0.3) is 11.1 Å². The van der Waals surface area contributed by atoms with Gasteiger partial charge in [-0.2, -0.15) is 5.26 Å². The fourth-order valence-corrected chi connectivity index (χ4v) is 3.10. The molecule has 0 saturated carbocycles. The zero-order valence-corrected chi connectivity index (χ0v) is 15.3. The third-order valence-electron chi connectivity index (χ3n) is 4.27. The summed E-state index contributed by atoms with van der Waals surface area (Å²) >= 11 is 12.5. The van der Waals surface area contributed by atoms with Gasteiger partial charge in [0.1, 0.15) is 12.2 Å². The molecule has 0 amide bonds. The van der Waals surface area contributed by atoms with Gasteiger partial charge in [-0.05, 0) is 25.1 Å². The van der Waals surface area contributed by atoms with Gasteiger partial charge in [0.05, 0.1) is 15.6 Å². The summed E-state index contributed by atoms with van der Waals surface area (Å²) in [5.74, 6) is 0. The number of anilines is 1. The van der Waals surface area contributed by atoms with E-state index < -0.39 is 0 Å². The number of rotatable bonds is 4. The van der Waals surface area contributed by atoms with Gasteiger partial charge in [-0.1, -0.05) is 35.3 Å². The maximum atomic E-state index is 9.53. The minimum Gasteiger partial charge on any atom is -0.354 e. The van der Waals surface area contributed by atoms with Crippen molar-refractivity contribution in [2.75, 3.05) is 11.9 Å². The fraction of sp³-hybridized carbons (Fsp3) is 0.158. The van der Waals surface area contributed by atoms with Crippen molar-refractivity contribution in [3.8, 4) is 17.2 Å². The first kappa shape index (κ1) is 17.3. The highest BCUT2D eigenvalue weighted by Crippen LogP contribution is 2.36. The minimum atomic E-state index is 0.00112. The highest BCUT2D eigenvalue weighted by atomic mass is 35.5. The summed E-state index contributed by atoms with van der Waals surface area (Å²) in [4.78, 5) is 6.15. The van der Waals surface area contributed by atoms with Gasteiger partial charge >= 0.3 is 0 Å². The van der Waals surface area contributed by atoms with Crippen molar-refractivity contribution in [1.29, 1.82) is 5.26 Å². The minimum absolute atomic E-state index is 0.00112. The Hall–Kier alpha value is -2.48. The van der Waals surface area contributed by atoms with Gasteiger partial charge in [0.25, 0.3) is 0 Å². The van der Waals surface area contributed by atoms with Crippen LogP contribution in [-0.2, 0) is 0 Å².